The Bertz CT molecular complexity index is 1150. The first-order valence-electron chi connectivity index (χ1n) is 10.9. The summed E-state index contributed by atoms with van der Waals surface area (Å²) in [6, 6.07) is 13.8. The number of benzene rings is 2. The Morgan fingerprint density at radius 1 is 0.971 bits per heavy atom. The first-order valence-corrected chi connectivity index (χ1v) is 10.9. The van der Waals surface area contributed by atoms with Crippen molar-refractivity contribution in [2.75, 3.05) is 28.6 Å². The molecule has 1 saturated heterocycles. The lowest BCUT2D eigenvalue weighted by Gasteiger charge is -2.27. The van der Waals surface area contributed by atoms with E-state index in [4.69, 9.17) is 0 Å². The summed E-state index contributed by atoms with van der Waals surface area (Å²) < 4.78 is 41.8. The van der Waals surface area contributed by atoms with Crippen LogP contribution in [-0.4, -0.2) is 35.3 Å². The van der Waals surface area contributed by atoms with Gasteiger partial charge in [0.1, 0.15) is 11.6 Å². The summed E-state index contributed by atoms with van der Waals surface area (Å²) in [5.74, 6) is 0.0847. The zero-order chi connectivity index (χ0) is 24.1. The van der Waals surface area contributed by atoms with Crippen LogP contribution >= 0.6 is 0 Å². The maximum atomic E-state index is 12.6. The number of hydrogen-bond donors (Lipinski definition) is 2. The Kier molecular flexibility index (Phi) is 6.85. The molecule has 2 N–H and O–H groups in total. The lowest BCUT2D eigenvalue weighted by atomic mass is 10.1. The summed E-state index contributed by atoms with van der Waals surface area (Å²) in [5.41, 5.74) is 1.79. The molecule has 1 amide bonds. The number of alkyl halides is 3. The molecular formula is C24H24F3N5O2. The molecule has 1 aromatic heterocycles. The van der Waals surface area contributed by atoms with Gasteiger partial charge in [-0.2, -0.15) is 4.98 Å². The number of amides is 1. The molecule has 3 aromatic rings. The average molecular weight is 471 g/mol. The first-order chi connectivity index (χ1) is 16.3. The zero-order valence-corrected chi connectivity index (χ0v) is 18.5. The summed E-state index contributed by atoms with van der Waals surface area (Å²) in [4.78, 5) is 23.9. The van der Waals surface area contributed by atoms with Crippen molar-refractivity contribution >= 4 is 29.0 Å². The fourth-order valence-corrected chi connectivity index (χ4v) is 3.70. The van der Waals surface area contributed by atoms with Crippen molar-refractivity contribution in [2.24, 2.45) is 0 Å². The van der Waals surface area contributed by atoms with Crippen molar-refractivity contribution in [1.29, 1.82) is 0 Å². The van der Waals surface area contributed by atoms with E-state index in [1.54, 1.807) is 24.3 Å². The van der Waals surface area contributed by atoms with Gasteiger partial charge < -0.3 is 20.3 Å². The van der Waals surface area contributed by atoms with Gasteiger partial charge in [-0.25, -0.2) is 4.98 Å². The largest absolute Gasteiger partial charge is 0.573 e. The van der Waals surface area contributed by atoms with Gasteiger partial charge in [-0.15, -0.1) is 13.2 Å². The number of aromatic nitrogens is 2. The number of carbonyl (C=O) groups is 1. The van der Waals surface area contributed by atoms with Crippen LogP contribution in [0.25, 0.3) is 0 Å². The predicted molar refractivity (Wildman–Crippen MR) is 124 cm³/mol. The van der Waals surface area contributed by atoms with Crippen LogP contribution in [-0.2, 0) is 0 Å². The second-order valence-electron chi connectivity index (χ2n) is 7.94. The van der Waals surface area contributed by atoms with E-state index < -0.39 is 18.0 Å². The number of hydrogen-bond acceptors (Lipinski definition) is 6. The van der Waals surface area contributed by atoms with Crippen LogP contribution in [0.1, 0.15) is 35.3 Å². The van der Waals surface area contributed by atoms with Crippen molar-refractivity contribution in [3.8, 4) is 5.75 Å². The highest BCUT2D eigenvalue weighted by Gasteiger charge is 2.32. The molecule has 1 fully saturated rings. The van der Waals surface area contributed by atoms with Crippen LogP contribution in [0.3, 0.4) is 0 Å². The van der Waals surface area contributed by atoms with Gasteiger partial charge in [-0.3, -0.25) is 4.79 Å². The molecule has 178 valence electrons. The van der Waals surface area contributed by atoms with Gasteiger partial charge in [-0.1, -0.05) is 12.1 Å². The SMILES string of the molecule is Cc1cc(Nc2ccc(NC(=O)c3ccccc3OC(F)(F)F)cc2)nc(N2CCCCC2)n1. The topological polar surface area (TPSA) is 79.4 Å². The number of anilines is 4. The number of nitrogens with one attached hydrogen (secondary N) is 2. The molecule has 34 heavy (non-hydrogen) atoms. The lowest BCUT2D eigenvalue weighted by molar-refractivity contribution is -0.274. The molecule has 1 aliphatic rings. The smallest absolute Gasteiger partial charge is 0.405 e. The van der Waals surface area contributed by atoms with Crippen molar-refractivity contribution in [2.45, 2.75) is 32.5 Å². The second-order valence-corrected chi connectivity index (χ2v) is 7.94. The van der Waals surface area contributed by atoms with E-state index in [9.17, 15) is 18.0 Å². The maximum absolute atomic E-state index is 12.6. The van der Waals surface area contributed by atoms with Crippen molar-refractivity contribution in [3.63, 3.8) is 0 Å². The van der Waals surface area contributed by atoms with Crippen molar-refractivity contribution in [1.82, 2.24) is 9.97 Å². The third-order valence-electron chi connectivity index (χ3n) is 5.25. The number of halogens is 3. The molecule has 7 nitrogen and oxygen atoms in total. The van der Waals surface area contributed by atoms with Crippen LogP contribution < -0.4 is 20.3 Å². The summed E-state index contributed by atoms with van der Waals surface area (Å²) in [6.07, 6.45) is -1.42. The third-order valence-corrected chi connectivity index (χ3v) is 5.25. The quantitative estimate of drug-likeness (QED) is 0.482. The highest BCUT2D eigenvalue weighted by Crippen LogP contribution is 2.27. The van der Waals surface area contributed by atoms with E-state index in [1.807, 2.05) is 13.0 Å². The molecule has 0 atom stereocenters. The number of piperidine rings is 1. The Morgan fingerprint density at radius 2 is 1.65 bits per heavy atom. The minimum Gasteiger partial charge on any atom is -0.405 e. The number of para-hydroxylation sites is 1. The molecule has 0 saturated carbocycles. The Labute approximate surface area is 195 Å². The van der Waals surface area contributed by atoms with Gasteiger partial charge in [0.2, 0.25) is 5.95 Å². The van der Waals surface area contributed by atoms with Gasteiger partial charge in [0.25, 0.3) is 5.91 Å². The van der Waals surface area contributed by atoms with Crippen molar-refractivity contribution in [3.05, 3.63) is 65.9 Å². The van der Waals surface area contributed by atoms with Gasteiger partial charge in [0.05, 0.1) is 5.56 Å². The molecular weight excluding hydrogens is 447 g/mol. The van der Waals surface area contributed by atoms with Crippen molar-refractivity contribution < 1.29 is 22.7 Å². The monoisotopic (exact) mass is 471 g/mol. The number of nitrogens with zero attached hydrogens (tertiary/aromatic N) is 3. The highest BCUT2D eigenvalue weighted by molar-refractivity contribution is 6.06. The molecule has 4 rings (SSSR count). The number of rotatable bonds is 6. The van der Waals surface area contributed by atoms with Gasteiger partial charge in [-0.05, 0) is 62.6 Å². The van der Waals surface area contributed by atoms with Gasteiger partial charge >= 0.3 is 6.36 Å². The Balaban J connectivity index is 1.43. The normalized spacial score (nSPS) is 13.9. The molecule has 10 heteroatoms. The highest BCUT2D eigenvalue weighted by atomic mass is 19.4. The summed E-state index contributed by atoms with van der Waals surface area (Å²) in [6.45, 7) is 3.79. The fourth-order valence-electron chi connectivity index (χ4n) is 3.70. The van der Waals surface area contributed by atoms with E-state index in [0.29, 0.717) is 17.5 Å². The average Bonchev–Trinajstić information content (AvgIpc) is 2.80. The van der Waals surface area contributed by atoms with Crippen LogP contribution in [0.2, 0.25) is 0 Å². The fraction of sp³-hybridized carbons (Fsp3) is 0.292. The minimum absolute atomic E-state index is 0.219. The van der Waals surface area contributed by atoms with Crippen LogP contribution in [0, 0.1) is 6.92 Å². The van der Waals surface area contributed by atoms with Crippen LogP contribution in [0.5, 0.6) is 5.75 Å². The van der Waals surface area contributed by atoms with E-state index in [2.05, 4.69) is 30.2 Å². The van der Waals surface area contributed by atoms with Crippen LogP contribution in [0.15, 0.2) is 54.6 Å². The molecule has 0 radical (unpaired) electrons. The molecule has 0 spiro atoms. The standard InChI is InChI=1S/C24H24F3N5O2/c1-16-15-21(31-23(28-16)32-13-5-2-6-14-32)29-17-9-11-18(12-10-17)30-22(33)19-7-3-4-8-20(19)34-24(25,26)27/h3-4,7-12,15H,2,5-6,13-14H2,1H3,(H,30,33)(H,28,29,31). The van der Waals surface area contributed by atoms with Crippen LogP contribution in [0.4, 0.5) is 36.3 Å². The van der Waals surface area contributed by atoms with E-state index in [0.717, 1.165) is 43.4 Å². The lowest BCUT2D eigenvalue weighted by Crippen LogP contribution is -2.31. The maximum Gasteiger partial charge on any atom is 0.573 e. The number of aryl methyl sites for hydroxylation is 1. The molecule has 1 aliphatic heterocycles. The molecule has 0 aliphatic carbocycles. The summed E-state index contributed by atoms with van der Waals surface area (Å²) in [7, 11) is 0. The number of carbonyl (C=O) groups excluding carboxylic acids is 1. The molecule has 2 aromatic carbocycles. The van der Waals surface area contributed by atoms with Gasteiger partial charge in [0, 0.05) is 36.2 Å². The van der Waals surface area contributed by atoms with E-state index in [-0.39, 0.29) is 5.56 Å². The minimum atomic E-state index is -4.89. The first kappa shape index (κ1) is 23.3. The number of ether oxygens (including phenoxy) is 1. The van der Waals surface area contributed by atoms with E-state index in [1.165, 1.54) is 24.6 Å². The van der Waals surface area contributed by atoms with E-state index >= 15 is 0 Å². The molecule has 0 unspecified atom stereocenters. The molecule has 2 heterocycles. The zero-order valence-electron chi connectivity index (χ0n) is 18.5. The second kappa shape index (κ2) is 9.98. The Morgan fingerprint density at radius 3 is 2.35 bits per heavy atom. The third kappa shape index (κ3) is 6.15. The predicted octanol–water partition coefficient (Wildman–Crippen LogP) is 5.67. The van der Waals surface area contributed by atoms with Gasteiger partial charge in [0.15, 0.2) is 0 Å². The molecule has 0 bridgehead atoms. The Hall–Kier alpha value is -3.82. The summed E-state index contributed by atoms with van der Waals surface area (Å²) >= 11 is 0. The summed E-state index contributed by atoms with van der Waals surface area (Å²) in [5, 5.41) is 5.83.